The van der Waals surface area contributed by atoms with Crippen LogP contribution >= 0.6 is 0 Å². The van der Waals surface area contributed by atoms with Gasteiger partial charge in [0.05, 0.1) is 4.90 Å². The summed E-state index contributed by atoms with van der Waals surface area (Å²) < 4.78 is 27.6. The first-order chi connectivity index (χ1) is 9.53. The zero-order chi connectivity index (χ0) is 14.6. The molecule has 0 spiro atoms. The van der Waals surface area contributed by atoms with E-state index in [1.807, 2.05) is 0 Å². The molecule has 6 heteroatoms. The van der Waals surface area contributed by atoms with Gasteiger partial charge in [-0.1, -0.05) is 20.3 Å². The van der Waals surface area contributed by atoms with E-state index < -0.39 is 10.0 Å². The predicted octanol–water partition coefficient (Wildman–Crippen LogP) is 2.37. The Kier molecular flexibility index (Phi) is 4.99. The van der Waals surface area contributed by atoms with Crippen LogP contribution in [0.2, 0.25) is 0 Å². The lowest BCUT2D eigenvalue weighted by Gasteiger charge is -2.17. The van der Waals surface area contributed by atoms with Crippen molar-refractivity contribution >= 4 is 15.8 Å². The van der Waals surface area contributed by atoms with Crippen molar-refractivity contribution in [2.45, 2.75) is 50.5 Å². The topological polar surface area (TPSA) is 71.1 Å². The molecule has 1 aromatic heterocycles. The molecular formula is C14H23N3O2S. The molecule has 2 unspecified atom stereocenters. The molecule has 1 heterocycles. The van der Waals surface area contributed by atoms with Crippen LogP contribution in [0.15, 0.2) is 23.2 Å². The summed E-state index contributed by atoms with van der Waals surface area (Å²) in [6.07, 6.45) is 5.61. The van der Waals surface area contributed by atoms with Crippen molar-refractivity contribution < 1.29 is 8.42 Å². The fourth-order valence-corrected chi connectivity index (χ4v) is 3.91. The van der Waals surface area contributed by atoms with E-state index in [2.05, 4.69) is 28.9 Å². The Balaban J connectivity index is 2.12. The van der Waals surface area contributed by atoms with Gasteiger partial charge in [-0.2, -0.15) is 0 Å². The highest BCUT2D eigenvalue weighted by molar-refractivity contribution is 7.89. The Bertz CT molecular complexity index is 545. The van der Waals surface area contributed by atoms with E-state index in [9.17, 15) is 8.42 Å². The Morgan fingerprint density at radius 2 is 2.20 bits per heavy atom. The minimum Gasteiger partial charge on any atom is -0.370 e. The molecule has 0 aromatic carbocycles. The van der Waals surface area contributed by atoms with Gasteiger partial charge >= 0.3 is 0 Å². The van der Waals surface area contributed by atoms with E-state index in [-0.39, 0.29) is 10.9 Å². The molecule has 1 fully saturated rings. The minimum atomic E-state index is -3.45. The number of nitrogens with zero attached hydrogens (tertiary/aromatic N) is 1. The first kappa shape index (κ1) is 15.3. The molecular weight excluding hydrogens is 274 g/mol. The lowest BCUT2D eigenvalue weighted by Crippen LogP contribution is -2.36. The SMILES string of the molecule is CCCNc1cc(S(=O)(=O)NC2CCCC2C)ccn1. The van der Waals surface area contributed by atoms with Crippen LogP contribution in [0, 0.1) is 5.92 Å². The molecule has 2 rings (SSSR count). The number of nitrogens with one attached hydrogen (secondary N) is 2. The predicted molar refractivity (Wildman–Crippen MR) is 80.1 cm³/mol. The summed E-state index contributed by atoms with van der Waals surface area (Å²) >= 11 is 0. The third-order valence-electron chi connectivity index (χ3n) is 3.77. The van der Waals surface area contributed by atoms with Gasteiger partial charge < -0.3 is 5.32 Å². The molecule has 20 heavy (non-hydrogen) atoms. The molecule has 0 amide bonds. The van der Waals surface area contributed by atoms with E-state index in [0.717, 1.165) is 32.2 Å². The highest BCUT2D eigenvalue weighted by Crippen LogP contribution is 2.26. The van der Waals surface area contributed by atoms with Crippen LogP contribution in [-0.2, 0) is 10.0 Å². The second kappa shape index (κ2) is 6.54. The number of anilines is 1. The summed E-state index contributed by atoms with van der Waals surface area (Å²) in [7, 11) is -3.45. The van der Waals surface area contributed by atoms with Gasteiger partial charge in [0.15, 0.2) is 0 Å². The van der Waals surface area contributed by atoms with Crippen molar-refractivity contribution in [2.75, 3.05) is 11.9 Å². The minimum absolute atomic E-state index is 0.0558. The standard InChI is InChI=1S/C14H23N3O2S/c1-3-8-15-14-10-12(7-9-16-14)20(18,19)17-13-6-4-5-11(13)2/h7,9-11,13,17H,3-6,8H2,1-2H3,(H,15,16). The van der Waals surface area contributed by atoms with Gasteiger partial charge in [0, 0.05) is 24.8 Å². The summed E-state index contributed by atoms with van der Waals surface area (Å²) in [5, 5.41) is 3.11. The maximum atomic E-state index is 12.4. The van der Waals surface area contributed by atoms with Gasteiger partial charge in [0.25, 0.3) is 0 Å². The highest BCUT2D eigenvalue weighted by atomic mass is 32.2. The van der Waals surface area contributed by atoms with E-state index >= 15 is 0 Å². The summed E-state index contributed by atoms with van der Waals surface area (Å²) in [6.45, 7) is 4.93. The molecule has 0 aliphatic heterocycles. The third-order valence-corrected chi connectivity index (χ3v) is 5.25. The third kappa shape index (κ3) is 3.70. The molecule has 1 aliphatic rings. The molecule has 2 atom stereocenters. The van der Waals surface area contributed by atoms with Crippen molar-refractivity contribution in [3.05, 3.63) is 18.3 Å². The largest absolute Gasteiger partial charge is 0.370 e. The first-order valence-electron chi connectivity index (χ1n) is 7.25. The van der Waals surface area contributed by atoms with Crippen LogP contribution in [-0.4, -0.2) is 26.0 Å². The average molecular weight is 297 g/mol. The molecule has 1 saturated carbocycles. The van der Waals surface area contributed by atoms with Crippen LogP contribution in [0.5, 0.6) is 0 Å². The molecule has 2 N–H and O–H groups in total. The van der Waals surface area contributed by atoms with Crippen molar-refractivity contribution in [3.63, 3.8) is 0 Å². The number of pyridine rings is 1. The van der Waals surface area contributed by atoms with Gasteiger partial charge in [-0.25, -0.2) is 18.1 Å². The molecule has 0 saturated heterocycles. The molecule has 0 radical (unpaired) electrons. The lowest BCUT2D eigenvalue weighted by molar-refractivity contribution is 0.476. The molecule has 0 bridgehead atoms. The van der Waals surface area contributed by atoms with E-state index in [4.69, 9.17) is 0 Å². The van der Waals surface area contributed by atoms with Gasteiger partial charge in [0.2, 0.25) is 10.0 Å². The van der Waals surface area contributed by atoms with Crippen molar-refractivity contribution in [3.8, 4) is 0 Å². The highest BCUT2D eigenvalue weighted by Gasteiger charge is 2.28. The average Bonchev–Trinajstić information content (AvgIpc) is 2.82. The van der Waals surface area contributed by atoms with Crippen LogP contribution in [0.1, 0.15) is 39.5 Å². The number of hydrogen-bond acceptors (Lipinski definition) is 4. The number of rotatable bonds is 6. The van der Waals surface area contributed by atoms with Gasteiger partial charge in [-0.3, -0.25) is 0 Å². The summed E-state index contributed by atoms with van der Waals surface area (Å²) in [5.41, 5.74) is 0. The molecule has 1 aliphatic carbocycles. The zero-order valence-corrected chi connectivity index (χ0v) is 12.9. The van der Waals surface area contributed by atoms with Crippen molar-refractivity contribution in [1.82, 2.24) is 9.71 Å². The van der Waals surface area contributed by atoms with Crippen molar-refractivity contribution in [1.29, 1.82) is 0 Å². The Morgan fingerprint density at radius 1 is 1.40 bits per heavy atom. The number of sulfonamides is 1. The quantitative estimate of drug-likeness (QED) is 0.845. The number of aromatic nitrogens is 1. The Morgan fingerprint density at radius 3 is 2.85 bits per heavy atom. The zero-order valence-electron chi connectivity index (χ0n) is 12.1. The maximum absolute atomic E-state index is 12.4. The van der Waals surface area contributed by atoms with E-state index in [0.29, 0.717) is 11.7 Å². The van der Waals surface area contributed by atoms with Crippen LogP contribution < -0.4 is 10.0 Å². The molecule has 1 aromatic rings. The molecule has 5 nitrogen and oxygen atoms in total. The second-order valence-electron chi connectivity index (χ2n) is 5.44. The van der Waals surface area contributed by atoms with Crippen molar-refractivity contribution in [2.24, 2.45) is 5.92 Å². The smallest absolute Gasteiger partial charge is 0.241 e. The second-order valence-corrected chi connectivity index (χ2v) is 7.15. The summed E-state index contributed by atoms with van der Waals surface area (Å²) in [4.78, 5) is 4.42. The van der Waals surface area contributed by atoms with Crippen LogP contribution in [0.3, 0.4) is 0 Å². The number of hydrogen-bond donors (Lipinski definition) is 2. The Hall–Kier alpha value is -1.14. The van der Waals surface area contributed by atoms with E-state index in [1.165, 1.54) is 6.20 Å². The fraction of sp³-hybridized carbons (Fsp3) is 0.643. The van der Waals surface area contributed by atoms with Gasteiger partial charge in [-0.15, -0.1) is 0 Å². The summed E-state index contributed by atoms with van der Waals surface area (Å²) in [5.74, 6) is 1.01. The maximum Gasteiger partial charge on any atom is 0.241 e. The van der Waals surface area contributed by atoms with E-state index in [1.54, 1.807) is 12.1 Å². The van der Waals surface area contributed by atoms with Gasteiger partial charge in [-0.05, 0) is 31.2 Å². The van der Waals surface area contributed by atoms with Gasteiger partial charge in [0.1, 0.15) is 5.82 Å². The lowest BCUT2D eigenvalue weighted by atomic mass is 10.1. The van der Waals surface area contributed by atoms with Crippen LogP contribution in [0.25, 0.3) is 0 Å². The fourth-order valence-electron chi connectivity index (χ4n) is 2.52. The summed E-state index contributed by atoms with van der Waals surface area (Å²) in [6, 6.07) is 3.19. The van der Waals surface area contributed by atoms with Crippen LogP contribution in [0.4, 0.5) is 5.82 Å². The monoisotopic (exact) mass is 297 g/mol. The molecule has 112 valence electrons. The Labute approximate surface area is 121 Å². The first-order valence-corrected chi connectivity index (χ1v) is 8.73. The normalized spacial score (nSPS) is 22.9.